The van der Waals surface area contributed by atoms with Gasteiger partial charge in [0.25, 0.3) is 0 Å². The Morgan fingerprint density at radius 2 is 2.27 bits per heavy atom. The summed E-state index contributed by atoms with van der Waals surface area (Å²) in [4.78, 5) is 2.64. The first kappa shape index (κ1) is 8.64. The van der Waals surface area contributed by atoms with Gasteiger partial charge in [0, 0.05) is 14.2 Å². The fourth-order valence-corrected chi connectivity index (χ4v) is 1.11. The van der Waals surface area contributed by atoms with E-state index in [0.29, 0.717) is 10.7 Å². The van der Waals surface area contributed by atoms with Crippen LogP contribution in [0.15, 0.2) is 23.3 Å². The van der Waals surface area contributed by atoms with Gasteiger partial charge in [0.05, 0.1) is 5.02 Å². The van der Waals surface area contributed by atoms with Crippen LogP contribution < -0.4 is 0 Å². The minimum atomic E-state index is 0.540. The lowest BCUT2D eigenvalue weighted by atomic mass is 10.3. The normalized spacial score (nSPS) is 8.91. The van der Waals surface area contributed by atoms with Crippen molar-refractivity contribution in [1.29, 1.82) is 0 Å². The Morgan fingerprint density at radius 3 is 2.82 bits per heavy atom. The second-order valence-electron chi connectivity index (χ2n) is 1.79. The zero-order valence-electron chi connectivity index (χ0n) is 5.33. The SMILES string of the molecule is [N-]=[N+]=Nc1ccc(I)c(Cl)c1. The van der Waals surface area contributed by atoms with Crippen LogP contribution in [-0.4, -0.2) is 0 Å². The standard InChI is InChI=1S/C6H3ClIN3/c7-5-3-4(10-11-9)1-2-6(5)8/h1-3H. The molecular formula is C6H3ClIN3. The molecule has 0 heterocycles. The molecule has 0 bridgehead atoms. The zero-order valence-corrected chi connectivity index (χ0v) is 8.24. The van der Waals surface area contributed by atoms with Crippen LogP contribution in [0, 0.1) is 3.57 Å². The van der Waals surface area contributed by atoms with Crippen molar-refractivity contribution < 1.29 is 0 Å². The maximum atomic E-state index is 8.09. The minimum absolute atomic E-state index is 0.540. The van der Waals surface area contributed by atoms with Crippen LogP contribution in [0.25, 0.3) is 10.4 Å². The molecule has 0 spiro atoms. The number of benzene rings is 1. The van der Waals surface area contributed by atoms with Gasteiger partial charge in [0.1, 0.15) is 0 Å². The summed E-state index contributed by atoms with van der Waals surface area (Å²) in [6.07, 6.45) is 0. The fourth-order valence-electron chi connectivity index (χ4n) is 0.599. The quantitative estimate of drug-likeness (QED) is 0.324. The van der Waals surface area contributed by atoms with Gasteiger partial charge in [-0.2, -0.15) is 0 Å². The van der Waals surface area contributed by atoms with Crippen LogP contribution in [0.3, 0.4) is 0 Å². The largest absolute Gasteiger partial charge is 0.0832 e. The summed E-state index contributed by atoms with van der Waals surface area (Å²) in [5.41, 5.74) is 8.63. The number of nitrogens with zero attached hydrogens (tertiary/aromatic N) is 3. The van der Waals surface area contributed by atoms with E-state index < -0.39 is 0 Å². The summed E-state index contributed by atoms with van der Waals surface area (Å²) in [5, 5.41) is 4.01. The number of hydrogen-bond acceptors (Lipinski definition) is 1. The molecule has 56 valence electrons. The van der Waals surface area contributed by atoms with Crippen LogP contribution >= 0.6 is 34.2 Å². The van der Waals surface area contributed by atoms with Gasteiger partial charge in [-0.05, 0) is 40.3 Å². The van der Waals surface area contributed by atoms with E-state index in [-0.39, 0.29) is 0 Å². The van der Waals surface area contributed by atoms with Crippen molar-refractivity contribution in [3.63, 3.8) is 0 Å². The third-order valence-corrected chi connectivity index (χ3v) is 2.64. The van der Waals surface area contributed by atoms with Crippen molar-refractivity contribution in [3.8, 4) is 0 Å². The lowest BCUT2D eigenvalue weighted by Gasteiger charge is -1.94. The Morgan fingerprint density at radius 1 is 1.55 bits per heavy atom. The predicted octanol–water partition coefficient (Wildman–Crippen LogP) is 3.89. The summed E-state index contributed by atoms with van der Waals surface area (Å²) < 4.78 is 0.946. The second-order valence-corrected chi connectivity index (χ2v) is 3.36. The Balaban J connectivity index is 3.14. The van der Waals surface area contributed by atoms with Crippen molar-refractivity contribution >= 4 is 39.9 Å². The van der Waals surface area contributed by atoms with E-state index in [1.54, 1.807) is 18.2 Å². The molecule has 0 saturated heterocycles. The van der Waals surface area contributed by atoms with Crippen LogP contribution in [-0.2, 0) is 0 Å². The summed E-state index contributed by atoms with van der Waals surface area (Å²) in [5.74, 6) is 0. The van der Waals surface area contributed by atoms with Gasteiger partial charge in [-0.3, -0.25) is 0 Å². The first-order valence-corrected chi connectivity index (χ1v) is 4.20. The molecule has 11 heavy (non-hydrogen) atoms. The molecule has 0 aliphatic heterocycles. The Labute approximate surface area is 82.1 Å². The van der Waals surface area contributed by atoms with Crippen molar-refractivity contribution in [3.05, 3.63) is 37.2 Å². The molecule has 0 aliphatic rings. The van der Waals surface area contributed by atoms with Crippen molar-refractivity contribution in [2.75, 3.05) is 0 Å². The van der Waals surface area contributed by atoms with E-state index in [1.807, 2.05) is 0 Å². The van der Waals surface area contributed by atoms with Crippen LogP contribution in [0.4, 0.5) is 5.69 Å². The van der Waals surface area contributed by atoms with E-state index in [0.717, 1.165) is 3.57 Å². The highest BCUT2D eigenvalue weighted by Crippen LogP contribution is 2.23. The maximum Gasteiger partial charge on any atom is 0.0544 e. The number of halogens is 2. The number of azide groups is 1. The summed E-state index contributed by atoms with van der Waals surface area (Å²) >= 11 is 7.86. The average Bonchev–Trinajstić information content (AvgIpc) is 1.98. The Kier molecular flexibility index (Phi) is 2.99. The first-order chi connectivity index (χ1) is 5.24. The molecule has 0 radical (unpaired) electrons. The van der Waals surface area contributed by atoms with E-state index in [1.165, 1.54) is 0 Å². The molecular weight excluding hydrogens is 276 g/mol. The first-order valence-electron chi connectivity index (χ1n) is 2.74. The van der Waals surface area contributed by atoms with E-state index >= 15 is 0 Å². The van der Waals surface area contributed by atoms with Crippen molar-refractivity contribution in [2.45, 2.75) is 0 Å². The molecule has 0 N–H and O–H groups in total. The Hall–Kier alpha value is -0.450. The van der Waals surface area contributed by atoms with Crippen LogP contribution in [0.1, 0.15) is 0 Å². The number of rotatable bonds is 1. The van der Waals surface area contributed by atoms with Crippen molar-refractivity contribution in [2.24, 2.45) is 5.11 Å². The molecule has 1 aromatic rings. The minimum Gasteiger partial charge on any atom is -0.0832 e. The summed E-state index contributed by atoms with van der Waals surface area (Å²) in [6, 6.07) is 5.14. The lowest BCUT2D eigenvalue weighted by molar-refractivity contribution is 1.47. The van der Waals surface area contributed by atoms with E-state index in [9.17, 15) is 0 Å². The highest BCUT2D eigenvalue weighted by molar-refractivity contribution is 14.1. The molecule has 3 nitrogen and oxygen atoms in total. The second kappa shape index (κ2) is 3.80. The predicted molar refractivity (Wildman–Crippen MR) is 53.0 cm³/mol. The average molecular weight is 279 g/mol. The molecule has 0 unspecified atom stereocenters. The highest BCUT2D eigenvalue weighted by atomic mass is 127. The maximum absolute atomic E-state index is 8.09. The third kappa shape index (κ3) is 2.25. The smallest absolute Gasteiger partial charge is 0.0544 e. The molecule has 0 aliphatic carbocycles. The lowest BCUT2D eigenvalue weighted by Crippen LogP contribution is -1.70. The van der Waals surface area contributed by atoms with Gasteiger partial charge >= 0.3 is 0 Å². The summed E-state index contributed by atoms with van der Waals surface area (Å²) in [7, 11) is 0. The molecule has 0 aromatic heterocycles. The van der Waals surface area contributed by atoms with Gasteiger partial charge in [-0.25, -0.2) is 0 Å². The van der Waals surface area contributed by atoms with Crippen molar-refractivity contribution in [1.82, 2.24) is 0 Å². The van der Waals surface area contributed by atoms with Crippen LogP contribution in [0.5, 0.6) is 0 Å². The highest BCUT2D eigenvalue weighted by Gasteiger charge is 1.95. The molecule has 1 rings (SSSR count). The van der Waals surface area contributed by atoms with Gasteiger partial charge in [-0.1, -0.05) is 22.8 Å². The molecule has 0 fully saturated rings. The molecule has 0 amide bonds. The van der Waals surface area contributed by atoms with Gasteiger partial charge in [0.15, 0.2) is 0 Å². The monoisotopic (exact) mass is 279 g/mol. The fraction of sp³-hybridized carbons (Fsp3) is 0. The van der Waals surface area contributed by atoms with Gasteiger partial charge in [-0.15, -0.1) is 0 Å². The zero-order chi connectivity index (χ0) is 8.27. The van der Waals surface area contributed by atoms with E-state index in [2.05, 4.69) is 32.6 Å². The number of hydrogen-bond donors (Lipinski definition) is 0. The third-order valence-electron chi connectivity index (χ3n) is 1.06. The Bertz CT molecular complexity index is 320. The van der Waals surface area contributed by atoms with E-state index in [4.69, 9.17) is 17.1 Å². The topological polar surface area (TPSA) is 48.8 Å². The molecule has 0 saturated carbocycles. The molecule has 1 aromatic carbocycles. The van der Waals surface area contributed by atoms with Crippen LogP contribution in [0.2, 0.25) is 5.02 Å². The molecule has 0 atom stereocenters. The molecule has 5 heteroatoms. The van der Waals surface area contributed by atoms with Gasteiger partial charge < -0.3 is 0 Å². The summed E-state index contributed by atoms with van der Waals surface area (Å²) in [6.45, 7) is 0. The van der Waals surface area contributed by atoms with Gasteiger partial charge in [0.2, 0.25) is 0 Å².